The van der Waals surface area contributed by atoms with Crippen molar-refractivity contribution in [3.8, 4) is 16.9 Å². The van der Waals surface area contributed by atoms with Crippen molar-refractivity contribution in [2.24, 2.45) is 0 Å². The second-order valence-electron chi connectivity index (χ2n) is 4.95. The maximum atomic E-state index is 11.0. The first-order valence-electron chi connectivity index (χ1n) is 6.62. The van der Waals surface area contributed by atoms with Gasteiger partial charge in [-0.05, 0) is 17.7 Å². The van der Waals surface area contributed by atoms with Crippen molar-refractivity contribution in [1.29, 1.82) is 0 Å². The van der Waals surface area contributed by atoms with E-state index >= 15 is 0 Å². The molecule has 2 heterocycles. The van der Waals surface area contributed by atoms with E-state index in [1.165, 1.54) is 13.3 Å². The lowest BCUT2D eigenvalue weighted by molar-refractivity contribution is -0.119. The number of fused-ring (bicyclic) bond motifs is 1. The molecule has 0 saturated carbocycles. The molecule has 1 amide bonds. The highest BCUT2D eigenvalue weighted by Gasteiger charge is 2.26. The van der Waals surface area contributed by atoms with E-state index in [2.05, 4.69) is 15.3 Å². The molecule has 21 heavy (non-hydrogen) atoms. The molecule has 1 aromatic heterocycles. The summed E-state index contributed by atoms with van der Waals surface area (Å²) in [5.74, 6) is 0.635. The molecule has 0 fully saturated rings. The second-order valence-corrected chi connectivity index (χ2v) is 5.36. The zero-order valence-corrected chi connectivity index (χ0v) is 12.2. The maximum absolute atomic E-state index is 11.0. The molecular formula is C15H14ClN3O2. The Labute approximate surface area is 127 Å². The molecule has 1 aliphatic rings. The molecule has 108 valence electrons. The molecule has 5 nitrogen and oxygen atoms in total. The fraction of sp³-hybridized carbons (Fsp3) is 0.267. The van der Waals surface area contributed by atoms with E-state index in [-0.39, 0.29) is 12.0 Å². The molecular weight excluding hydrogens is 290 g/mol. The summed E-state index contributed by atoms with van der Waals surface area (Å²) < 4.78 is 5.80. The maximum Gasteiger partial charge on any atom is 0.217 e. The van der Waals surface area contributed by atoms with Gasteiger partial charge >= 0.3 is 0 Å². The first-order valence-corrected chi connectivity index (χ1v) is 7.00. The minimum absolute atomic E-state index is 0.0669. The fourth-order valence-electron chi connectivity index (χ4n) is 2.37. The van der Waals surface area contributed by atoms with E-state index < -0.39 is 0 Å². The number of hydrogen-bond acceptors (Lipinski definition) is 4. The highest BCUT2D eigenvalue weighted by Crippen LogP contribution is 2.39. The molecule has 2 aromatic rings. The van der Waals surface area contributed by atoms with Crippen LogP contribution in [0, 0.1) is 0 Å². The zero-order valence-electron chi connectivity index (χ0n) is 11.5. The predicted octanol–water partition coefficient (Wildman–Crippen LogP) is 2.24. The van der Waals surface area contributed by atoms with Gasteiger partial charge in [-0.25, -0.2) is 9.97 Å². The summed E-state index contributed by atoms with van der Waals surface area (Å²) in [7, 11) is 0. The second kappa shape index (κ2) is 5.69. The lowest BCUT2D eigenvalue weighted by Crippen LogP contribution is -2.32. The van der Waals surface area contributed by atoms with E-state index in [1.807, 2.05) is 12.1 Å². The van der Waals surface area contributed by atoms with Crippen molar-refractivity contribution >= 4 is 17.5 Å². The average Bonchev–Trinajstić information content (AvgIpc) is 2.90. The smallest absolute Gasteiger partial charge is 0.217 e. The van der Waals surface area contributed by atoms with Crippen LogP contribution in [-0.4, -0.2) is 28.5 Å². The quantitative estimate of drug-likeness (QED) is 0.944. The Morgan fingerprint density at radius 3 is 2.86 bits per heavy atom. The summed E-state index contributed by atoms with van der Waals surface area (Å²) in [5, 5.41) is 3.33. The number of nitrogens with one attached hydrogen (secondary N) is 1. The first kappa shape index (κ1) is 13.8. The predicted molar refractivity (Wildman–Crippen MR) is 79.3 cm³/mol. The van der Waals surface area contributed by atoms with Gasteiger partial charge in [0.25, 0.3) is 0 Å². The molecule has 1 unspecified atom stereocenters. The van der Waals surface area contributed by atoms with Crippen LogP contribution in [0.2, 0.25) is 5.02 Å². The first-order chi connectivity index (χ1) is 10.1. The number of aromatic nitrogens is 2. The number of carbonyl (C=O) groups excluding carboxylic acids is 1. The topological polar surface area (TPSA) is 64.1 Å². The van der Waals surface area contributed by atoms with Gasteiger partial charge in [-0.1, -0.05) is 11.6 Å². The van der Waals surface area contributed by atoms with Gasteiger partial charge in [0, 0.05) is 36.9 Å². The lowest BCUT2D eigenvalue weighted by atomic mass is 10.0. The van der Waals surface area contributed by atoms with Gasteiger partial charge in [0.2, 0.25) is 5.91 Å². The Bertz CT molecular complexity index is 676. The van der Waals surface area contributed by atoms with E-state index in [0.29, 0.717) is 17.3 Å². The highest BCUT2D eigenvalue weighted by molar-refractivity contribution is 6.32. The van der Waals surface area contributed by atoms with Gasteiger partial charge < -0.3 is 10.1 Å². The van der Waals surface area contributed by atoms with E-state index in [9.17, 15) is 4.79 Å². The zero-order chi connectivity index (χ0) is 14.8. The van der Waals surface area contributed by atoms with Crippen LogP contribution in [0.3, 0.4) is 0 Å². The van der Waals surface area contributed by atoms with Crippen LogP contribution in [0.25, 0.3) is 11.1 Å². The van der Waals surface area contributed by atoms with Gasteiger partial charge in [0.05, 0.1) is 11.6 Å². The third-order valence-corrected chi connectivity index (χ3v) is 3.61. The Kier molecular flexibility index (Phi) is 3.75. The molecule has 1 atom stereocenters. The summed E-state index contributed by atoms with van der Waals surface area (Å²) in [4.78, 5) is 19.0. The number of halogens is 1. The molecule has 0 aliphatic carbocycles. The Balaban J connectivity index is 1.84. The summed E-state index contributed by atoms with van der Waals surface area (Å²) in [6.07, 6.45) is 5.62. The summed E-state index contributed by atoms with van der Waals surface area (Å²) in [6.45, 7) is 1.96. The Hall–Kier alpha value is -2.14. The van der Waals surface area contributed by atoms with Crippen LogP contribution in [-0.2, 0) is 11.2 Å². The Morgan fingerprint density at radius 1 is 1.38 bits per heavy atom. The van der Waals surface area contributed by atoms with Crippen LogP contribution in [0.1, 0.15) is 12.5 Å². The molecule has 1 aliphatic heterocycles. The molecule has 1 N–H and O–H groups in total. The van der Waals surface area contributed by atoms with Crippen molar-refractivity contribution in [1.82, 2.24) is 15.3 Å². The molecule has 6 heteroatoms. The summed E-state index contributed by atoms with van der Waals surface area (Å²) in [6, 6.07) is 3.88. The van der Waals surface area contributed by atoms with Crippen LogP contribution in [0.5, 0.6) is 5.75 Å². The van der Waals surface area contributed by atoms with Gasteiger partial charge in [-0.15, -0.1) is 0 Å². The van der Waals surface area contributed by atoms with Crippen molar-refractivity contribution in [2.75, 3.05) is 6.54 Å². The minimum atomic E-state index is -0.0799. The fourth-order valence-corrected chi connectivity index (χ4v) is 2.66. The van der Waals surface area contributed by atoms with Crippen LogP contribution in [0.4, 0.5) is 0 Å². The van der Waals surface area contributed by atoms with Gasteiger partial charge in [-0.2, -0.15) is 0 Å². The highest BCUT2D eigenvalue weighted by atomic mass is 35.5. The van der Waals surface area contributed by atoms with E-state index in [4.69, 9.17) is 16.3 Å². The number of benzene rings is 1. The van der Waals surface area contributed by atoms with E-state index in [1.54, 1.807) is 12.4 Å². The number of rotatable bonds is 3. The summed E-state index contributed by atoms with van der Waals surface area (Å²) >= 11 is 6.30. The summed E-state index contributed by atoms with van der Waals surface area (Å²) in [5.41, 5.74) is 2.91. The van der Waals surface area contributed by atoms with Crippen molar-refractivity contribution in [3.05, 3.63) is 41.4 Å². The van der Waals surface area contributed by atoms with Gasteiger partial charge in [0.15, 0.2) is 0 Å². The van der Waals surface area contributed by atoms with E-state index in [0.717, 1.165) is 23.1 Å². The van der Waals surface area contributed by atoms with Crippen molar-refractivity contribution in [3.63, 3.8) is 0 Å². The molecule has 0 bridgehead atoms. The van der Waals surface area contributed by atoms with Crippen LogP contribution in [0.15, 0.2) is 30.9 Å². The average molecular weight is 304 g/mol. The molecule has 3 rings (SSSR count). The molecule has 1 aromatic carbocycles. The van der Waals surface area contributed by atoms with Gasteiger partial charge in [-0.3, -0.25) is 4.79 Å². The van der Waals surface area contributed by atoms with Gasteiger partial charge in [0.1, 0.15) is 18.2 Å². The number of ether oxygens (including phenoxy) is 1. The van der Waals surface area contributed by atoms with Crippen LogP contribution >= 0.6 is 11.6 Å². The van der Waals surface area contributed by atoms with Crippen molar-refractivity contribution < 1.29 is 9.53 Å². The standard InChI is InChI=1S/C15H14ClN3O2/c1-9(20)19-7-13-3-11-2-10(4-14(16)15(11)21-13)12-5-17-8-18-6-12/h2,4-6,8,13H,3,7H2,1H3,(H,19,20). The minimum Gasteiger partial charge on any atom is -0.486 e. The SMILES string of the molecule is CC(=O)NCC1Cc2cc(-c3cncnc3)cc(Cl)c2O1. The number of carbonyl (C=O) groups is 1. The van der Waals surface area contributed by atoms with Crippen LogP contribution < -0.4 is 10.1 Å². The lowest BCUT2D eigenvalue weighted by Gasteiger charge is -2.11. The number of hydrogen-bond donors (Lipinski definition) is 1. The largest absolute Gasteiger partial charge is 0.486 e. The number of nitrogens with zero attached hydrogens (tertiary/aromatic N) is 2. The van der Waals surface area contributed by atoms with Crippen molar-refractivity contribution in [2.45, 2.75) is 19.4 Å². The number of amides is 1. The molecule has 0 radical (unpaired) electrons. The Morgan fingerprint density at radius 2 is 2.14 bits per heavy atom. The normalized spacial score (nSPS) is 16.2. The third kappa shape index (κ3) is 2.97. The molecule has 0 saturated heterocycles. The molecule has 0 spiro atoms. The monoisotopic (exact) mass is 303 g/mol. The third-order valence-electron chi connectivity index (χ3n) is 3.33.